The molecule has 0 aliphatic rings. The molecule has 0 spiro atoms. The summed E-state index contributed by atoms with van der Waals surface area (Å²) in [5.41, 5.74) is 0. The van der Waals surface area contributed by atoms with E-state index in [1.54, 1.807) is 0 Å². The van der Waals surface area contributed by atoms with Gasteiger partial charge in [0.15, 0.2) is 0 Å². The van der Waals surface area contributed by atoms with Crippen molar-refractivity contribution in [1.29, 1.82) is 0 Å². The first-order chi connectivity index (χ1) is 3.72. The van der Waals surface area contributed by atoms with Gasteiger partial charge in [-0.2, -0.15) is 0 Å². The molecule has 0 aromatic rings. The van der Waals surface area contributed by atoms with Crippen molar-refractivity contribution in [3.8, 4) is 0 Å². The van der Waals surface area contributed by atoms with Crippen molar-refractivity contribution in [1.82, 2.24) is 0 Å². The number of ether oxygens (including phenoxy) is 1. The molecule has 0 aromatic heterocycles. The Balaban J connectivity index is 3.52. The fraction of sp³-hybridized carbons (Fsp3) is 0.800. The number of methoxy groups -OCH3 is 1. The number of carbonyl (C=O) groups is 1. The third-order valence-electron chi connectivity index (χ3n) is 0.908. The molecule has 0 radical (unpaired) electrons. The third-order valence-corrected chi connectivity index (χ3v) is 1.15. The molecule has 0 rings (SSSR count). The normalized spacial score (nSPS) is 13.4. The van der Waals surface area contributed by atoms with Crippen LogP contribution in [0.25, 0.3) is 0 Å². The lowest BCUT2D eigenvalue weighted by Crippen LogP contribution is -2.16. The lowest BCUT2D eigenvalue weighted by atomic mass is 10.3. The molecule has 0 saturated heterocycles. The van der Waals surface area contributed by atoms with E-state index in [1.807, 2.05) is 6.92 Å². The van der Waals surface area contributed by atoms with E-state index in [0.29, 0.717) is 6.42 Å². The Hall–Kier alpha value is -0.0800. The van der Waals surface area contributed by atoms with Crippen LogP contribution in [0.1, 0.15) is 13.3 Å². The van der Waals surface area contributed by atoms with Crippen LogP contribution < -0.4 is 0 Å². The summed E-state index contributed by atoms with van der Waals surface area (Å²) < 4.78 is 4.68. The van der Waals surface area contributed by atoms with Gasteiger partial charge in [0.2, 0.25) is 5.24 Å². The summed E-state index contributed by atoms with van der Waals surface area (Å²) in [6.07, 6.45) is 0.218. The second-order valence-electron chi connectivity index (χ2n) is 1.44. The molecule has 0 saturated carbocycles. The summed E-state index contributed by atoms with van der Waals surface area (Å²) in [6.45, 7) is 1.84. The Labute approximate surface area is 53.8 Å². The standard InChI is InChI=1S/C5H9ClO2/c1-3-4(8-2)5(6)7/h4H,3H2,1-2H3/t4-/m1/s1. The Kier molecular flexibility index (Phi) is 3.83. The highest BCUT2D eigenvalue weighted by molar-refractivity contribution is 6.64. The fourth-order valence-electron chi connectivity index (χ4n) is 0.420. The monoisotopic (exact) mass is 136 g/mol. The quantitative estimate of drug-likeness (QED) is 0.545. The first kappa shape index (κ1) is 7.92. The maximum Gasteiger partial charge on any atom is 0.250 e. The largest absolute Gasteiger partial charge is 0.372 e. The van der Waals surface area contributed by atoms with Crippen molar-refractivity contribution >= 4 is 16.8 Å². The molecule has 0 aromatic carbocycles. The molecule has 2 nitrogen and oxygen atoms in total. The Morgan fingerprint density at radius 1 is 1.88 bits per heavy atom. The SMILES string of the molecule is CC[C@@H](OC)C(=O)Cl. The van der Waals surface area contributed by atoms with Crippen LogP contribution >= 0.6 is 11.6 Å². The fourth-order valence-corrected chi connectivity index (χ4v) is 0.663. The van der Waals surface area contributed by atoms with E-state index in [1.165, 1.54) is 7.11 Å². The van der Waals surface area contributed by atoms with Gasteiger partial charge in [-0.15, -0.1) is 0 Å². The van der Waals surface area contributed by atoms with E-state index in [-0.39, 0.29) is 0 Å². The van der Waals surface area contributed by atoms with E-state index < -0.39 is 11.3 Å². The smallest absolute Gasteiger partial charge is 0.250 e. The van der Waals surface area contributed by atoms with Crippen molar-refractivity contribution in [2.45, 2.75) is 19.4 Å². The van der Waals surface area contributed by atoms with E-state index in [4.69, 9.17) is 11.6 Å². The minimum Gasteiger partial charge on any atom is -0.372 e. The van der Waals surface area contributed by atoms with E-state index >= 15 is 0 Å². The number of hydrogen-bond acceptors (Lipinski definition) is 2. The summed E-state index contributed by atoms with van der Waals surface area (Å²) in [5, 5.41) is -0.421. The molecule has 0 unspecified atom stereocenters. The van der Waals surface area contributed by atoms with Gasteiger partial charge in [-0.25, -0.2) is 0 Å². The molecule has 0 bridgehead atoms. The van der Waals surface area contributed by atoms with Crippen LogP contribution in [-0.2, 0) is 9.53 Å². The van der Waals surface area contributed by atoms with Gasteiger partial charge in [-0.1, -0.05) is 6.92 Å². The Morgan fingerprint density at radius 2 is 2.38 bits per heavy atom. The van der Waals surface area contributed by atoms with Gasteiger partial charge >= 0.3 is 0 Å². The maximum absolute atomic E-state index is 10.2. The second kappa shape index (κ2) is 3.87. The summed E-state index contributed by atoms with van der Waals surface area (Å²) in [7, 11) is 1.47. The molecule has 0 amide bonds. The second-order valence-corrected chi connectivity index (χ2v) is 1.81. The van der Waals surface area contributed by atoms with Gasteiger partial charge in [0, 0.05) is 7.11 Å². The van der Waals surface area contributed by atoms with Gasteiger partial charge < -0.3 is 4.74 Å². The summed E-state index contributed by atoms with van der Waals surface area (Å²) >= 11 is 5.08. The van der Waals surface area contributed by atoms with Gasteiger partial charge in [0.25, 0.3) is 0 Å². The average molecular weight is 137 g/mol. The summed E-state index contributed by atoms with van der Waals surface area (Å²) in [4.78, 5) is 10.2. The third kappa shape index (κ3) is 2.28. The van der Waals surface area contributed by atoms with Gasteiger partial charge in [0.05, 0.1) is 0 Å². The van der Waals surface area contributed by atoms with Crippen molar-refractivity contribution in [2.75, 3.05) is 7.11 Å². The Bertz CT molecular complexity index is 78.5. The zero-order valence-corrected chi connectivity index (χ0v) is 5.73. The van der Waals surface area contributed by atoms with Crippen molar-refractivity contribution in [2.24, 2.45) is 0 Å². The lowest BCUT2D eigenvalue weighted by molar-refractivity contribution is -0.120. The van der Waals surface area contributed by atoms with E-state index in [2.05, 4.69) is 4.74 Å². The number of rotatable bonds is 3. The molecule has 1 atom stereocenters. The number of carbonyl (C=O) groups excluding carboxylic acids is 1. The maximum atomic E-state index is 10.2. The number of hydrogen-bond donors (Lipinski definition) is 0. The molecule has 0 fully saturated rings. The molecule has 48 valence electrons. The van der Waals surface area contributed by atoms with Crippen LogP contribution in [0, 0.1) is 0 Å². The van der Waals surface area contributed by atoms with Crippen LogP contribution in [-0.4, -0.2) is 18.5 Å². The molecule has 0 N–H and O–H groups in total. The van der Waals surface area contributed by atoms with Crippen molar-refractivity contribution in [3.05, 3.63) is 0 Å². The summed E-state index contributed by atoms with van der Waals surface area (Å²) in [6, 6.07) is 0. The van der Waals surface area contributed by atoms with E-state index in [9.17, 15) is 4.79 Å². The molecule has 3 heteroatoms. The molecule has 0 heterocycles. The number of halogens is 1. The van der Waals surface area contributed by atoms with Crippen LogP contribution in [0.2, 0.25) is 0 Å². The Morgan fingerprint density at radius 3 is 2.38 bits per heavy atom. The molecule has 0 aliphatic heterocycles. The zero-order chi connectivity index (χ0) is 6.57. The van der Waals surface area contributed by atoms with Gasteiger partial charge in [-0.05, 0) is 18.0 Å². The zero-order valence-electron chi connectivity index (χ0n) is 4.98. The molecular weight excluding hydrogens is 128 g/mol. The highest BCUT2D eigenvalue weighted by atomic mass is 35.5. The molecular formula is C5H9ClO2. The average Bonchev–Trinajstić information content (AvgIpc) is 1.69. The van der Waals surface area contributed by atoms with Crippen LogP contribution in [0.4, 0.5) is 0 Å². The predicted octanol–water partition coefficient (Wildman–Crippen LogP) is 1.18. The van der Waals surface area contributed by atoms with Gasteiger partial charge in [0.1, 0.15) is 6.10 Å². The topological polar surface area (TPSA) is 26.3 Å². The van der Waals surface area contributed by atoms with Crippen LogP contribution in [0.3, 0.4) is 0 Å². The molecule has 8 heavy (non-hydrogen) atoms. The predicted molar refractivity (Wildman–Crippen MR) is 31.9 cm³/mol. The highest BCUT2D eigenvalue weighted by Gasteiger charge is 2.10. The highest BCUT2D eigenvalue weighted by Crippen LogP contribution is 1.99. The van der Waals surface area contributed by atoms with E-state index in [0.717, 1.165) is 0 Å². The summed E-state index contributed by atoms with van der Waals surface area (Å²) in [5.74, 6) is 0. The molecule has 0 aliphatic carbocycles. The lowest BCUT2D eigenvalue weighted by Gasteiger charge is -2.04. The minimum absolute atomic E-state index is 0.420. The van der Waals surface area contributed by atoms with Crippen molar-refractivity contribution < 1.29 is 9.53 Å². The first-order valence-electron chi connectivity index (χ1n) is 2.44. The first-order valence-corrected chi connectivity index (χ1v) is 2.82. The van der Waals surface area contributed by atoms with Gasteiger partial charge in [-0.3, -0.25) is 4.79 Å². The van der Waals surface area contributed by atoms with Crippen LogP contribution in [0.15, 0.2) is 0 Å². The van der Waals surface area contributed by atoms with Crippen LogP contribution in [0.5, 0.6) is 0 Å². The minimum atomic E-state index is -0.421. The van der Waals surface area contributed by atoms with Crippen molar-refractivity contribution in [3.63, 3.8) is 0 Å².